The zero-order valence-corrected chi connectivity index (χ0v) is 17.1. The lowest BCUT2D eigenvalue weighted by molar-refractivity contribution is -0.124. The van der Waals surface area contributed by atoms with E-state index in [1.165, 1.54) is 11.3 Å². The average molecular weight is 391 g/mol. The van der Waals surface area contributed by atoms with E-state index in [0.29, 0.717) is 16.4 Å². The fraction of sp³-hybridized carbons (Fsp3) is 0.400. The van der Waals surface area contributed by atoms with Crippen LogP contribution in [0.3, 0.4) is 0 Å². The van der Waals surface area contributed by atoms with Crippen LogP contribution in [0, 0.1) is 5.92 Å². The van der Waals surface area contributed by atoms with Crippen LogP contribution in [0.5, 0.6) is 11.5 Å². The van der Waals surface area contributed by atoms with Gasteiger partial charge >= 0.3 is 0 Å². The summed E-state index contributed by atoms with van der Waals surface area (Å²) in [7, 11) is 3.16. The van der Waals surface area contributed by atoms with Crippen LogP contribution in [-0.4, -0.2) is 32.1 Å². The number of methoxy groups -OCH3 is 2. The Balaban J connectivity index is 2.11. The molecule has 2 N–H and O–H groups in total. The van der Waals surface area contributed by atoms with E-state index >= 15 is 0 Å². The van der Waals surface area contributed by atoms with Gasteiger partial charge in [0, 0.05) is 11.6 Å². The average Bonchev–Trinajstić information content (AvgIpc) is 3.19. The molecule has 0 aliphatic heterocycles. The molecule has 0 aliphatic rings. The zero-order chi connectivity index (χ0) is 20.0. The van der Waals surface area contributed by atoms with Crippen LogP contribution < -0.4 is 20.1 Å². The smallest absolute Gasteiger partial charge is 0.262 e. The number of nitrogens with one attached hydrogen (secondary N) is 2. The van der Waals surface area contributed by atoms with Crippen LogP contribution in [0.25, 0.3) is 0 Å². The van der Waals surface area contributed by atoms with Gasteiger partial charge in [-0.25, -0.2) is 0 Å². The molecule has 2 amide bonds. The summed E-state index contributed by atoms with van der Waals surface area (Å²) in [4.78, 5) is 25.7. The Morgan fingerprint density at radius 1 is 1.04 bits per heavy atom. The van der Waals surface area contributed by atoms with Gasteiger partial charge < -0.3 is 20.1 Å². The molecule has 0 aliphatic carbocycles. The lowest BCUT2D eigenvalue weighted by atomic mass is 10.0. The van der Waals surface area contributed by atoms with Crippen LogP contribution >= 0.6 is 11.3 Å². The van der Waals surface area contributed by atoms with Gasteiger partial charge in [0.25, 0.3) is 5.91 Å². The Morgan fingerprint density at radius 3 is 2.33 bits per heavy atom. The minimum Gasteiger partial charge on any atom is -0.497 e. The second-order valence-electron chi connectivity index (χ2n) is 6.51. The number of carbonyl (C=O) groups is 2. The molecule has 2 atom stereocenters. The van der Waals surface area contributed by atoms with E-state index in [-0.39, 0.29) is 23.8 Å². The van der Waals surface area contributed by atoms with E-state index in [1.54, 1.807) is 26.4 Å². The summed E-state index contributed by atoms with van der Waals surface area (Å²) >= 11 is 1.34. The van der Waals surface area contributed by atoms with Crippen molar-refractivity contribution in [3.8, 4) is 11.5 Å². The van der Waals surface area contributed by atoms with E-state index in [1.807, 2.05) is 44.4 Å². The van der Waals surface area contributed by atoms with Crippen molar-refractivity contribution in [3.05, 3.63) is 46.2 Å². The summed E-state index contributed by atoms with van der Waals surface area (Å²) in [5.74, 6) is 0.774. The number of carbonyl (C=O) groups excluding carboxylic acids is 2. The largest absolute Gasteiger partial charge is 0.497 e. The number of thiophene rings is 1. The number of amides is 2. The molecule has 1 aromatic heterocycles. The third kappa shape index (κ3) is 5.23. The molecule has 1 aromatic carbocycles. The number of hydrogen-bond donors (Lipinski definition) is 2. The van der Waals surface area contributed by atoms with Gasteiger partial charge in [0.15, 0.2) is 0 Å². The normalized spacial score (nSPS) is 13.0. The van der Waals surface area contributed by atoms with Gasteiger partial charge in [-0.1, -0.05) is 19.9 Å². The predicted octanol–water partition coefficient (Wildman–Crippen LogP) is 3.40. The van der Waals surface area contributed by atoms with Gasteiger partial charge in [0.2, 0.25) is 5.91 Å². The van der Waals surface area contributed by atoms with Gasteiger partial charge in [0.05, 0.1) is 25.1 Å². The first-order valence-corrected chi connectivity index (χ1v) is 9.62. The lowest BCUT2D eigenvalue weighted by Gasteiger charge is -2.25. The van der Waals surface area contributed by atoms with Gasteiger partial charge in [-0.15, -0.1) is 11.3 Å². The zero-order valence-electron chi connectivity index (χ0n) is 16.2. The third-order valence-electron chi connectivity index (χ3n) is 4.25. The number of benzene rings is 1. The van der Waals surface area contributed by atoms with Crippen molar-refractivity contribution in [2.75, 3.05) is 14.2 Å². The molecule has 2 rings (SSSR count). The van der Waals surface area contributed by atoms with Crippen molar-refractivity contribution in [2.24, 2.45) is 5.92 Å². The van der Waals surface area contributed by atoms with Crippen molar-refractivity contribution in [3.63, 3.8) is 0 Å². The maximum atomic E-state index is 12.8. The second-order valence-corrected chi connectivity index (χ2v) is 7.46. The highest BCUT2D eigenvalue weighted by Crippen LogP contribution is 2.29. The quantitative estimate of drug-likeness (QED) is 0.724. The summed E-state index contributed by atoms with van der Waals surface area (Å²) in [6.07, 6.45) is 0. The van der Waals surface area contributed by atoms with Crippen LogP contribution in [0.4, 0.5) is 0 Å². The number of rotatable bonds is 8. The second kappa shape index (κ2) is 9.41. The summed E-state index contributed by atoms with van der Waals surface area (Å²) in [5.41, 5.74) is 0.832. The van der Waals surface area contributed by atoms with Crippen molar-refractivity contribution < 1.29 is 19.1 Å². The molecule has 0 spiro atoms. The van der Waals surface area contributed by atoms with Crippen LogP contribution in [0.15, 0.2) is 35.7 Å². The summed E-state index contributed by atoms with van der Waals surface area (Å²) in [5, 5.41) is 7.63. The fourth-order valence-electron chi connectivity index (χ4n) is 2.71. The van der Waals surface area contributed by atoms with Crippen molar-refractivity contribution in [1.29, 1.82) is 0 Å². The molecule has 0 fully saturated rings. The monoisotopic (exact) mass is 390 g/mol. The molecule has 7 heteroatoms. The fourth-order valence-corrected chi connectivity index (χ4v) is 3.34. The van der Waals surface area contributed by atoms with Gasteiger partial charge in [-0.2, -0.15) is 0 Å². The molecule has 0 saturated carbocycles. The van der Waals surface area contributed by atoms with Gasteiger partial charge in [-0.05, 0) is 36.4 Å². The molecular formula is C20H26N2O4S. The molecule has 0 saturated heterocycles. The maximum absolute atomic E-state index is 12.8. The number of ether oxygens (including phenoxy) is 2. The highest BCUT2D eigenvalue weighted by atomic mass is 32.1. The molecule has 6 nitrogen and oxygen atoms in total. The van der Waals surface area contributed by atoms with Crippen molar-refractivity contribution >= 4 is 23.2 Å². The Hall–Kier alpha value is -2.54. The third-order valence-corrected chi connectivity index (χ3v) is 5.12. The molecular weight excluding hydrogens is 364 g/mol. The topological polar surface area (TPSA) is 76.7 Å². The Labute approximate surface area is 163 Å². The van der Waals surface area contributed by atoms with Crippen molar-refractivity contribution in [1.82, 2.24) is 10.6 Å². The first kappa shape index (κ1) is 20.8. The van der Waals surface area contributed by atoms with E-state index in [2.05, 4.69) is 10.6 Å². The highest BCUT2D eigenvalue weighted by Gasteiger charge is 2.27. The van der Waals surface area contributed by atoms with Crippen molar-refractivity contribution in [2.45, 2.75) is 32.9 Å². The summed E-state index contributed by atoms with van der Waals surface area (Å²) in [6.45, 7) is 5.68. The summed E-state index contributed by atoms with van der Waals surface area (Å²) < 4.78 is 10.6. The van der Waals surface area contributed by atoms with Crippen LogP contribution in [0.1, 0.15) is 42.0 Å². The molecule has 0 radical (unpaired) electrons. The minimum absolute atomic E-state index is 0.0566. The standard InChI is InChI=1S/C20H26N2O4S/c1-12(2)18(22-19(23)17-7-6-10-27-17)20(24)21-13(3)15-9-8-14(25-4)11-16(15)26-5/h6-13,18H,1-5H3,(H,21,24)(H,22,23). The molecule has 2 aromatic rings. The van der Waals surface area contributed by atoms with E-state index in [9.17, 15) is 9.59 Å². The number of hydrogen-bond acceptors (Lipinski definition) is 5. The van der Waals surface area contributed by atoms with Crippen LogP contribution in [0.2, 0.25) is 0 Å². The highest BCUT2D eigenvalue weighted by molar-refractivity contribution is 7.12. The van der Waals surface area contributed by atoms with Gasteiger partial charge in [0.1, 0.15) is 17.5 Å². The molecule has 146 valence electrons. The Kier molecular flexibility index (Phi) is 7.24. The summed E-state index contributed by atoms with van der Waals surface area (Å²) in [6, 6.07) is 8.07. The molecule has 1 heterocycles. The molecule has 0 bridgehead atoms. The van der Waals surface area contributed by atoms with Gasteiger partial charge in [-0.3, -0.25) is 9.59 Å². The van der Waals surface area contributed by atoms with E-state index in [4.69, 9.17) is 9.47 Å². The van der Waals surface area contributed by atoms with E-state index in [0.717, 1.165) is 5.56 Å². The molecule has 2 unspecified atom stereocenters. The maximum Gasteiger partial charge on any atom is 0.262 e. The first-order valence-electron chi connectivity index (χ1n) is 8.74. The Morgan fingerprint density at radius 2 is 1.78 bits per heavy atom. The van der Waals surface area contributed by atoms with E-state index < -0.39 is 6.04 Å². The SMILES string of the molecule is COc1ccc(C(C)NC(=O)C(NC(=O)c2cccs2)C(C)C)c(OC)c1. The lowest BCUT2D eigenvalue weighted by Crippen LogP contribution is -2.50. The Bertz CT molecular complexity index is 774. The molecule has 27 heavy (non-hydrogen) atoms. The minimum atomic E-state index is -0.633. The predicted molar refractivity (Wildman–Crippen MR) is 107 cm³/mol. The van der Waals surface area contributed by atoms with Crippen LogP contribution in [-0.2, 0) is 4.79 Å². The first-order chi connectivity index (χ1) is 12.9.